The predicted molar refractivity (Wildman–Crippen MR) is 102 cm³/mol. The van der Waals surface area contributed by atoms with Gasteiger partial charge in [0.1, 0.15) is 6.04 Å². The molecule has 5 fully saturated rings. The minimum Gasteiger partial charge on any atom is -0.349 e. The predicted octanol–water partition coefficient (Wildman–Crippen LogP) is 3.37. The zero-order valence-corrected chi connectivity index (χ0v) is 16.1. The van der Waals surface area contributed by atoms with Gasteiger partial charge in [-0.05, 0) is 80.6 Å². The molecule has 4 saturated carbocycles. The van der Waals surface area contributed by atoms with Crippen molar-refractivity contribution in [3.8, 4) is 0 Å². The standard InChI is InChI=1S/C21H28N2O2S/c24-19(10-17-3-2-6-26-17)23-5-1-4-18(23)20(25)22-21-11-14-7-15(12-21)9-16(8-14)13-21/h2-3,6,14-16,18H,1,4-5,7-13H2,(H,22,25). The molecule has 140 valence electrons. The van der Waals surface area contributed by atoms with E-state index in [2.05, 4.69) is 5.32 Å². The molecule has 1 unspecified atom stereocenters. The molecule has 1 atom stereocenters. The van der Waals surface area contributed by atoms with Crippen molar-refractivity contribution in [3.63, 3.8) is 0 Å². The van der Waals surface area contributed by atoms with Crippen molar-refractivity contribution in [1.82, 2.24) is 10.2 Å². The SMILES string of the molecule is O=C(NC12CC3CC(CC(C3)C1)C2)C1CCCN1C(=O)Cc1cccs1. The molecule has 6 rings (SSSR count). The van der Waals surface area contributed by atoms with E-state index in [9.17, 15) is 9.59 Å². The Labute approximate surface area is 159 Å². The first kappa shape index (κ1) is 16.8. The Balaban J connectivity index is 1.27. The van der Waals surface area contributed by atoms with E-state index >= 15 is 0 Å². The largest absolute Gasteiger partial charge is 0.349 e. The van der Waals surface area contributed by atoms with Crippen LogP contribution in [0.2, 0.25) is 0 Å². The van der Waals surface area contributed by atoms with Gasteiger partial charge in [-0.3, -0.25) is 9.59 Å². The zero-order chi connectivity index (χ0) is 17.7. The lowest BCUT2D eigenvalue weighted by Gasteiger charge is -2.57. The monoisotopic (exact) mass is 372 g/mol. The number of thiophene rings is 1. The van der Waals surface area contributed by atoms with Gasteiger partial charge in [0.05, 0.1) is 6.42 Å². The van der Waals surface area contributed by atoms with Crippen LogP contribution in [0.1, 0.15) is 56.2 Å². The summed E-state index contributed by atoms with van der Waals surface area (Å²) >= 11 is 1.62. The number of likely N-dealkylation sites (tertiary alicyclic amines) is 1. The smallest absolute Gasteiger partial charge is 0.243 e. The lowest BCUT2D eigenvalue weighted by Crippen LogP contribution is -2.62. The van der Waals surface area contributed by atoms with Crippen LogP contribution in [0, 0.1) is 17.8 Å². The fraction of sp³-hybridized carbons (Fsp3) is 0.714. The van der Waals surface area contributed by atoms with Gasteiger partial charge >= 0.3 is 0 Å². The van der Waals surface area contributed by atoms with Crippen molar-refractivity contribution in [2.75, 3.05) is 6.54 Å². The van der Waals surface area contributed by atoms with Crippen LogP contribution in [0.4, 0.5) is 0 Å². The summed E-state index contributed by atoms with van der Waals surface area (Å²) in [6.45, 7) is 0.725. The second-order valence-electron chi connectivity index (χ2n) is 9.19. The molecule has 2 amide bonds. The molecule has 1 N–H and O–H groups in total. The van der Waals surface area contributed by atoms with Crippen LogP contribution in [0.25, 0.3) is 0 Å². The van der Waals surface area contributed by atoms with Gasteiger partial charge in [0.25, 0.3) is 0 Å². The Morgan fingerprint density at radius 1 is 1.15 bits per heavy atom. The first-order chi connectivity index (χ1) is 12.6. The Morgan fingerprint density at radius 2 is 1.85 bits per heavy atom. The molecule has 4 nitrogen and oxygen atoms in total. The van der Waals surface area contributed by atoms with E-state index < -0.39 is 0 Å². The third-order valence-corrected chi connectivity index (χ3v) is 8.08. The van der Waals surface area contributed by atoms with Crippen molar-refractivity contribution in [2.45, 2.75) is 69.4 Å². The van der Waals surface area contributed by atoms with Gasteiger partial charge in [0, 0.05) is 17.0 Å². The quantitative estimate of drug-likeness (QED) is 0.881. The number of hydrogen-bond donors (Lipinski definition) is 1. The van der Waals surface area contributed by atoms with Gasteiger partial charge in [0.15, 0.2) is 0 Å². The molecule has 0 aromatic carbocycles. The molecule has 0 spiro atoms. The summed E-state index contributed by atoms with van der Waals surface area (Å²) in [6, 6.07) is 3.73. The molecule has 26 heavy (non-hydrogen) atoms. The number of rotatable bonds is 4. The molecular formula is C21H28N2O2S. The van der Waals surface area contributed by atoms with E-state index in [1.165, 1.54) is 38.5 Å². The summed E-state index contributed by atoms with van der Waals surface area (Å²) < 4.78 is 0. The maximum atomic E-state index is 13.1. The second-order valence-corrected chi connectivity index (χ2v) is 10.2. The molecule has 1 saturated heterocycles. The van der Waals surface area contributed by atoms with Crippen LogP contribution in [-0.4, -0.2) is 34.8 Å². The fourth-order valence-corrected chi connectivity index (χ4v) is 7.31. The Morgan fingerprint density at radius 3 is 2.46 bits per heavy atom. The first-order valence-electron chi connectivity index (χ1n) is 10.2. The highest BCUT2D eigenvalue weighted by Crippen LogP contribution is 2.55. The van der Waals surface area contributed by atoms with Crippen molar-refractivity contribution >= 4 is 23.2 Å². The van der Waals surface area contributed by atoms with Gasteiger partial charge in [-0.2, -0.15) is 0 Å². The molecule has 4 bridgehead atoms. The zero-order valence-electron chi connectivity index (χ0n) is 15.3. The van der Waals surface area contributed by atoms with Crippen molar-refractivity contribution in [3.05, 3.63) is 22.4 Å². The van der Waals surface area contributed by atoms with Gasteiger partial charge < -0.3 is 10.2 Å². The van der Waals surface area contributed by atoms with E-state index in [1.54, 1.807) is 11.3 Å². The van der Waals surface area contributed by atoms with Gasteiger partial charge in [-0.1, -0.05) is 6.07 Å². The number of nitrogens with zero attached hydrogens (tertiary/aromatic N) is 1. The Bertz CT molecular complexity index is 664. The molecule has 1 aromatic rings. The van der Waals surface area contributed by atoms with Crippen LogP contribution in [0.3, 0.4) is 0 Å². The highest BCUT2D eigenvalue weighted by molar-refractivity contribution is 7.10. The third kappa shape index (κ3) is 2.98. The molecule has 1 aromatic heterocycles. The van der Waals surface area contributed by atoms with Crippen molar-refractivity contribution < 1.29 is 9.59 Å². The van der Waals surface area contributed by atoms with E-state index in [-0.39, 0.29) is 23.4 Å². The van der Waals surface area contributed by atoms with Crippen molar-refractivity contribution in [2.24, 2.45) is 17.8 Å². The molecule has 5 aliphatic rings. The summed E-state index contributed by atoms with van der Waals surface area (Å²) in [5.74, 6) is 2.68. The van der Waals surface area contributed by atoms with Gasteiger partial charge in [-0.25, -0.2) is 0 Å². The molecule has 4 aliphatic carbocycles. The van der Waals surface area contributed by atoms with Crippen LogP contribution < -0.4 is 5.32 Å². The molecule has 1 aliphatic heterocycles. The normalized spacial score (nSPS) is 37.9. The van der Waals surface area contributed by atoms with Crippen molar-refractivity contribution in [1.29, 1.82) is 0 Å². The van der Waals surface area contributed by atoms with Gasteiger partial charge in [-0.15, -0.1) is 11.3 Å². The fourth-order valence-electron chi connectivity index (χ4n) is 6.61. The maximum Gasteiger partial charge on any atom is 0.243 e. The number of carbonyl (C=O) groups excluding carboxylic acids is 2. The van der Waals surface area contributed by atoms with E-state index in [1.807, 2.05) is 22.4 Å². The van der Waals surface area contributed by atoms with Gasteiger partial charge in [0.2, 0.25) is 11.8 Å². The average molecular weight is 373 g/mol. The number of amides is 2. The summed E-state index contributed by atoms with van der Waals surface area (Å²) in [6.07, 6.45) is 9.82. The first-order valence-corrected chi connectivity index (χ1v) is 11.1. The number of hydrogen-bond acceptors (Lipinski definition) is 3. The van der Waals surface area contributed by atoms with Crippen LogP contribution in [-0.2, 0) is 16.0 Å². The highest BCUT2D eigenvalue weighted by atomic mass is 32.1. The molecular weight excluding hydrogens is 344 g/mol. The minimum absolute atomic E-state index is 0.0386. The molecule has 5 heteroatoms. The summed E-state index contributed by atoms with van der Waals surface area (Å²) in [7, 11) is 0. The molecule has 0 radical (unpaired) electrons. The summed E-state index contributed by atoms with van der Waals surface area (Å²) in [4.78, 5) is 28.8. The number of carbonyl (C=O) groups is 2. The Hall–Kier alpha value is -1.36. The van der Waals surface area contributed by atoms with Crippen LogP contribution in [0.15, 0.2) is 17.5 Å². The minimum atomic E-state index is -0.254. The van der Waals surface area contributed by atoms with Crippen LogP contribution >= 0.6 is 11.3 Å². The Kier molecular flexibility index (Phi) is 4.11. The van der Waals surface area contributed by atoms with E-state index in [0.717, 1.165) is 42.0 Å². The summed E-state index contributed by atoms with van der Waals surface area (Å²) in [5.41, 5.74) is 0.0386. The highest BCUT2D eigenvalue weighted by Gasteiger charge is 2.52. The topological polar surface area (TPSA) is 49.4 Å². The lowest BCUT2D eigenvalue weighted by molar-refractivity contribution is -0.140. The second kappa shape index (κ2) is 6.36. The summed E-state index contributed by atoms with van der Waals surface area (Å²) in [5, 5.41) is 5.48. The molecule has 2 heterocycles. The number of nitrogens with one attached hydrogen (secondary N) is 1. The lowest BCUT2D eigenvalue weighted by atomic mass is 9.53. The maximum absolute atomic E-state index is 13.1. The third-order valence-electron chi connectivity index (χ3n) is 7.21. The average Bonchev–Trinajstić information content (AvgIpc) is 3.24. The van der Waals surface area contributed by atoms with Crippen LogP contribution in [0.5, 0.6) is 0 Å². The van der Waals surface area contributed by atoms with E-state index in [0.29, 0.717) is 6.42 Å². The van der Waals surface area contributed by atoms with E-state index in [4.69, 9.17) is 0 Å².